The molecule has 2 N–H and O–H groups in total. The molecule has 0 aromatic heterocycles. The van der Waals surface area contributed by atoms with E-state index in [1.807, 2.05) is 43.3 Å². The third-order valence-electron chi connectivity index (χ3n) is 3.48. The van der Waals surface area contributed by atoms with Crippen LogP contribution in [-0.4, -0.2) is 12.6 Å². The van der Waals surface area contributed by atoms with Crippen LogP contribution in [0, 0.1) is 6.92 Å². The first-order valence-electron chi connectivity index (χ1n) is 7.07. The molecule has 2 aromatic rings. The summed E-state index contributed by atoms with van der Waals surface area (Å²) >= 11 is 0. The minimum Gasteiger partial charge on any atom is -0.493 e. The first-order chi connectivity index (χ1) is 10.2. The smallest absolute Gasteiger partial charge is 0.319 e. The molecule has 0 atom stereocenters. The van der Waals surface area contributed by atoms with Gasteiger partial charge in [-0.25, -0.2) is 4.79 Å². The van der Waals surface area contributed by atoms with Gasteiger partial charge in [0.25, 0.3) is 0 Å². The Kier molecular flexibility index (Phi) is 3.77. The van der Waals surface area contributed by atoms with Crippen molar-refractivity contribution >= 4 is 11.7 Å². The number of fused-ring (bicyclic) bond motifs is 1. The fourth-order valence-electron chi connectivity index (χ4n) is 2.44. The van der Waals surface area contributed by atoms with Gasteiger partial charge < -0.3 is 15.4 Å². The second-order valence-electron chi connectivity index (χ2n) is 5.22. The standard InChI is InChI=1S/C17H18N2O2/c1-12-3-2-4-13(9-12)11-18-17(20)19-15-5-6-16-14(10-15)7-8-21-16/h2-6,9-10H,7-8,11H2,1H3,(H2,18,19,20). The van der Waals surface area contributed by atoms with E-state index in [-0.39, 0.29) is 6.03 Å². The SMILES string of the molecule is Cc1cccc(CNC(=O)Nc2ccc3c(c2)CCO3)c1. The molecule has 0 unspecified atom stereocenters. The van der Waals surface area contributed by atoms with Crippen molar-refractivity contribution in [3.63, 3.8) is 0 Å². The van der Waals surface area contributed by atoms with Gasteiger partial charge in [0.2, 0.25) is 0 Å². The molecule has 0 fully saturated rings. The Morgan fingerprint density at radius 1 is 1.24 bits per heavy atom. The summed E-state index contributed by atoms with van der Waals surface area (Å²) in [4.78, 5) is 11.9. The predicted molar refractivity (Wildman–Crippen MR) is 82.7 cm³/mol. The fraction of sp³-hybridized carbons (Fsp3) is 0.235. The normalized spacial score (nSPS) is 12.4. The lowest BCUT2D eigenvalue weighted by atomic mass is 10.1. The molecule has 1 aliphatic heterocycles. The Bertz CT molecular complexity index is 668. The maximum Gasteiger partial charge on any atom is 0.319 e. The summed E-state index contributed by atoms with van der Waals surface area (Å²) in [5.41, 5.74) is 4.22. The number of hydrogen-bond acceptors (Lipinski definition) is 2. The molecule has 0 radical (unpaired) electrons. The predicted octanol–water partition coefficient (Wildman–Crippen LogP) is 3.25. The Balaban J connectivity index is 1.57. The number of nitrogens with one attached hydrogen (secondary N) is 2. The van der Waals surface area contributed by atoms with E-state index in [1.54, 1.807) is 0 Å². The molecular weight excluding hydrogens is 264 g/mol. The Morgan fingerprint density at radius 3 is 3.00 bits per heavy atom. The summed E-state index contributed by atoms with van der Waals surface area (Å²) in [7, 11) is 0. The molecule has 0 spiro atoms. The molecule has 0 saturated carbocycles. The Morgan fingerprint density at radius 2 is 2.14 bits per heavy atom. The van der Waals surface area contributed by atoms with Crippen LogP contribution in [0.5, 0.6) is 5.75 Å². The number of aryl methyl sites for hydroxylation is 1. The number of amides is 2. The highest BCUT2D eigenvalue weighted by atomic mass is 16.5. The molecule has 3 rings (SSSR count). The topological polar surface area (TPSA) is 50.4 Å². The number of carbonyl (C=O) groups is 1. The Labute approximate surface area is 124 Å². The van der Waals surface area contributed by atoms with Crippen LogP contribution in [0.25, 0.3) is 0 Å². The summed E-state index contributed by atoms with van der Waals surface area (Å²) in [5.74, 6) is 0.917. The quantitative estimate of drug-likeness (QED) is 0.908. The van der Waals surface area contributed by atoms with E-state index in [4.69, 9.17) is 4.74 Å². The van der Waals surface area contributed by atoms with Crippen molar-refractivity contribution in [3.8, 4) is 5.75 Å². The van der Waals surface area contributed by atoms with E-state index in [0.29, 0.717) is 6.54 Å². The van der Waals surface area contributed by atoms with Gasteiger partial charge in [0, 0.05) is 18.7 Å². The van der Waals surface area contributed by atoms with Crippen LogP contribution in [0.4, 0.5) is 10.5 Å². The van der Waals surface area contributed by atoms with Crippen molar-refractivity contribution in [1.29, 1.82) is 0 Å². The van der Waals surface area contributed by atoms with Gasteiger partial charge in [-0.1, -0.05) is 29.8 Å². The van der Waals surface area contributed by atoms with Gasteiger partial charge in [-0.05, 0) is 36.2 Å². The average Bonchev–Trinajstić information content (AvgIpc) is 2.93. The first kappa shape index (κ1) is 13.5. The number of benzene rings is 2. The van der Waals surface area contributed by atoms with E-state index in [0.717, 1.165) is 35.6 Å². The fourth-order valence-corrected chi connectivity index (χ4v) is 2.44. The maximum atomic E-state index is 11.9. The van der Waals surface area contributed by atoms with Crippen LogP contribution in [0.2, 0.25) is 0 Å². The lowest BCUT2D eigenvalue weighted by Crippen LogP contribution is -2.28. The molecular formula is C17H18N2O2. The molecule has 4 heteroatoms. The van der Waals surface area contributed by atoms with Crippen molar-refractivity contribution in [3.05, 3.63) is 59.2 Å². The van der Waals surface area contributed by atoms with Crippen LogP contribution in [0.15, 0.2) is 42.5 Å². The molecule has 1 aliphatic rings. The van der Waals surface area contributed by atoms with Gasteiger partial charge in [0.1, 0.15) is 5.75 Å². The Hall–Kier alpha value is -2.49. The van der Waals surface area contributed by atoms with E-state index in [2.05, 4.69) is 16.7 Å². The zero-order valence-electron chi connectivity index (χ0n) is 12.0. The summed E-state index contributed by atoms with van der Waals surface area (Å²) in [5, 5.41) is 5.71. The van der Waals surface area contributed by atoms with Gasteiger partial charge in [-0.15, -0.1) is 0 Å². The zero-order valence-corrected chi connectivity index (χ0v) is 12.0. The molecule has 1 heterocycles. The molecule has 2 aromatic carbocycles. The van der Waals surface area contributed by atoms with Gasteiger partial charge in [0.15, 0.2) is 0 Å². The summed E-state index contributed by atoms with van der Waals surface area (Å²) < 4.78 is 5.45. The van der Waals surface area contributed by atoms with E-state index in [9.17, 15) is 4.79 Å². The number of rotatable bonds is 3. The van der Waals surface area contributed by atoms with Gasteiger partial charge in [-0.2, -0.15) is 0 Å². The molecule has 4 nitrogen and oxygen atoms in total. The summed E-state index contributed by atoms with van der Waals surface area (Å²) in [6.45, 7) is 3.27. The third kappa shape index (κ3) is 3.34. The number of ether oxygens (including phenoxy) is 1. The molecule has 0 saturated heterocycles. The average molecular weight is 282 g/mol. The minimum absolute atomic E-state index is 0.199. The lowest BCUT2D eigenvalue weighted by Gasteiger charge is -2.09. The number of carbonyl (C=O) groups excluding carboxylic acids is 1. The van der Waals surface area contributed by atoms with Crippen LogP contribution in [0.1, 0.15) is 16.7 Å². The number of urea groups is 1. The van der Waals surface area contributed by atoms with Crippen molar-refractivity contribution in [1.82, 2.24) is 5.32 Å². The summed E-state index contributed by atoms with van der Waals surface area (Å²) in [6, 6.07) is 13.6. The zero-order chi connectivity index (χ0) is 14.7. The van der Waals surface area contributed by atoms with Gasteiger partial charge in [-0.3, -0.25) is 0 Å². The lowest BCUT2D eigenvalue weighted by molar-refractivity contribution is 0.251. The van der Waals surface area contributed by atoms with Gasteiger partial charge in [0.05, 0.1) is 6.61 Å². The van der Waals surface area contributed by atoms with Gasteiger partial charge >= 0.3 is 6.03 Å². The highest BCUT2D eigenvalue weighted by Gasteiger charge is 2.12. The number of hydrogen-bond donors (Lipinski definition) is 2. The van der Waals surface area contributed by atoms with E-state index >= 15 is 0 Å². The van der Waals surface area contributed by atoms with Crippen molar-refractivity contribution in [2.45, 2.75) is 19.9 Å². The van der Waals surface area contributed by atoms with Crippen LogP contribution in [0.3, 0.4) is 0 Å². The molecule has 0 aliphatic carbocycles. The molecule has 108 valence electrons. The van der Waals surface area contributed by atoms with Crippen LogP contribution in [-0.2, 0) is 13.0 Å². The van der Waals surface area contributed by atoms with Crippen molar-refractivity contribution in [2.24, 2.45) is 0 Å². The molecule has 0 bridgehead atoms. The van der Waals surface area contributed by atoms with Crippen LogP contribution < -0.4 is 15.4 Å². The number of anilines is 1. The molecule has 2 amide bonds. The highest BCUT2D eigenvalue weighted by molar-refractivity contribution is 5.89. The summed E-state index contributed by atoms with van der Waals surface area (Å²) in [6.07, 6.45) is 0.899. The molecule has 21 heavy (non-hydrogen) atoms. The van der Waals surface area contributed by atoms with E-state index in [1.165, 1.54) is 5.56 Å². The maximum absolute atomic E-state index is 11.9. The highest BCUT2D eigenvalue weighted by Crippen LogP contribution is 2.27. The second kappa shape index (κ2) is 5.87. The largest absolute Gasteiger partial charge is 0.493 e. The minimum atomic E-state index is -0.199. The monoisotopic (exact) mass is 282 g/mol. The third-order valence-corrected chi connectivity index (χ3v) is 3.48. The second-order valence-corrected chi connectivity index (χ2v) is 5.22. The van der Waals surface area contributed by atoms with Crippen LogP contribution >= 0.6 is 0 Å². The van der Waals surface area contributed by atoms with E-state index < -0.39 is 0 Å². The van der Waals surface area contributed by atoms with Crippen molar-refractivity contribution < 1.29 is 9.53 Å². The van der Waals surface area contributed by atoms with Crippen molar-refractivity contribution in [2.75, 3.05) is 11.9 Å². The first-order valence-corrected chi connectivity index (χ1v) is 7.07.